The molecule has 1 fully saturated rings. The summed E-state index contributed by atoms with van der Waals surface area (Å²) >= 11 is 3.20. The van der Waals surface area contributed by atoms with Crippen molar-refractivity contribution >= 4 is 48.2 Å². The molecule has 5 rings (SSSR count). The van der Waals surface area contributed by atoms with Crippen LogP contribution in [0.5, 0.6) is 0 Å². The van der Waals surface area contributed by atoms with Crippen molar-refractivity contribution < 1.29 is 0 Å². The lowest BCUT2D eigenvalue weighted by atomic mass is 10.3. The zero-order valence-electron chi connectivity index (χ0n) is 14.7. The largest absolute Gasteiger partial charge is 0.347 e. The lowest BCUT2D eigenvalue weighted by Crippen LogP contribution is -2.31. The minimum atomic E-state index is -0.0316. The van der Waals surface area contributed by atoms with Gasteiger partial charge in [-0.15, -0.1) is 11.3 Å². The summed E-state index contributed by atoms with van der Waals surface area (Å²) in [4.78, 5) is 29.3. The quantitative estimate of drug-likeness (QED) is 0.575. The van der Waals surface area contributed by atoms with E-state index in [2.05, 4.69) is 38.0 Å². The van der Waals surface area contributed by atoms with Crippen molar-refractivity contribution in [2.24, 2.45) is 0 Å². The monoisotopic (exact) mass is 397 g/mol. The number of H-pyrrole nitrogens is 1. The van der Waals surface area contributed by atoms with Crippen LogP contribution in [0.15, 0.2) is 40.5 Å². The van der Waals surface area contributed by atoms with E-state index >= 15 is 0 Å². The zero-order valence-corrected chi connectivity index (χ0v) is 16.4. The molecule has 0 radical (unpaired) electrons. The van der Waals surface area contributed by atoms with E-state index < -0.39 is 0 Å². The highest BCUT2D eigenvalue weighted by Gasteiger charge is 2.19. The number of aromatic amines is 1. The molecule has 0 spiro atoms. The number of anilines is 1. The molecule has 0 amide bonds. The number of hydrogen-bond acceptors (Lipinski definition) is 7. The molecule has 0 aliphatic carbocycles. The first-order chi connectivity index (χ1) is 13.3. The van der Waals surface area contributed by atoms with Gasteiger partial charge in [0.1, 0.15) is 10.5 Å². The number of para-hydroxylation sites is 1. The Hall–Kier alpha value is -2.29. The van der Waals surface area contributed by atoms with Crippen LogP contribution in [0.4, 0.5) is 5.13 Å². The highest BCUT2D eigenvalue weighted by Crippen LogP contribution is 2.29. The molecule has 1 saturated heterocycles. The summed E-state index contributed by atoms with van der Waals surface area (Å²) < 4.78 is 1.94. The van der Waals surface area contributed by atoms with Crippen LogP contribution in [0.2, 0.25) is 0 Å². The minimum absolute atomic E-state index is 0.0316. The van der Waals surface area contributed by atoms with Gasteiger partial charge in [-0.1, -0.05) is 23.5 Å². The van der Waals surface area contributed by atoms with E-state index in [9.17, 15) is 4.79 Å². The zero-order chi connectivity index (χ0) is 18.2. The van der Waals surface area contributed by atoms with E-state index in [0.717, 1.165) is 54.6 Å². The maximum atomic E-state index is 12.2. The highest BCUT2D eigenvalue weighted by atomic mass is 32.1. The molecule has 8 heteroatoms. The van der Waals surface area contributed by atoms with Gasteiger partial charge in [-0.3, -0.25) is 9.69 Å². The number of thiophene rings is 1. The highest BCUT2D eigenvalue weighted by molar-refractivity contribution is 7.22. The summed E-state index contributed by atoms with van der Waals surface area (Å²) in [6, 6.07) is 10.2. The first-order valence-corrected chi connectivity index (χ1v) is 10.8. The molecule has 4 heterocycles. The fourth-order valence-electron chi connectivity index (χ4n) is 3.52. The molecule has 1 N–H and O–H groups in total. The lowest BCUT2D eigenvalue weighted by Gasteiger charge is -2.21. The van der Waals surface area contributed by atoms with Gasteiger partial charge in [0, 0.05) is 26.2 Å². The number of rotatable bonds is 3. The Morgan fingerprint density at radius 3 is 2.89 bits per heavy atom. The summed E-state index contributed by atoms with van der Waals surface area (Å²) in [7, 11) is 0. The van der Waals surface area contributed by atoms with E-state index in [4.69, 9.17) is 4.98 Å². The molecule has 3 aromatic heterocycles. The molecular formula is C19H19N5OS2. The van der Waals surface area contributed by atoms with Crippen LogP contribution in [0, 0.1) is 0 Å². The summed E-state index contributed by atoms with van der Waals surface area (Å²) in [6.45, 7) is 4.54. The third kappa shape index (κ3) is 3.36. The predicted molar refractivity (Wildman–Crippen MR) is 112 cm³/mol. The first-order valence-electron chi connectivity index (χ1n) is 9.05. The number of nitrogens with one attached hydrogen (secondary N) is 1. The summed E-state index contributed by atoms with van der Waals surface area (Å²) in [5.41, 5.74) is 1.84. The molecule has 0 saturated carbocycles. The predicted octanol–water partition coefficient (Wildman–Crippen LogP) is 3.31. The normalized spacial score (nSPS) is 16.2. The van der Waals surface area contributed by atoms with Crippen LogP contribution in [-0.4, -0.2) is 46.0 Å². The SMILES string of the molecule is O=c1[nH]c(CN2CCCN(c3nc4ccccc4s3)CC2)nc2ccsc12. The van der Waals surface area contributed by atoms with Crippen LogP contribution in [-0.2, 0) is 6.54 Å². The summed E-state index contributed by atoms with van der Waals surface area (Å²) in [5.74, 6) is 0.749. The third-order valence-corrected chi connectivity index (χ3v) is 6.88. The van der Waals surface area contributed by atoms with E-state index in [1.165, 1.54) is 16.0 Å². The van der Waals surface area contributed by atoms with E-state index in [-0.39, 0.29) is 5.56 Å². The van der Waals surface area contributed by atoms with Crippen LogP contribution in [0.25, 0.3) is 20.4 Å². The Kier molecular flexibility index (Phi) is 4.39. The molecule has 138 valence electrons. The molecular weight excluding hydrogens is 378 g/mol. The van der Waals surface area contributed by atoms with Gasteiger partial charge in [0.05, 0.1) is 22.3 Å². The van der Waals surface area contributed by atoms with Crippen molar-refractivity contribution in [3.63, 3.8) is 0 Å². The molecule has 0 bridgehead atoms. The first kappa shape index (κ1) is 16.9. The van der Waals surface area contributed by atoms with Gasteiger partial charge >= 0.3 is 0 Å². The topological polar surface area (TPSA) is 65.1 Å². The lowest BCUT2D eigenvalue weighted by molar-refractivity contribution is 0.278. The molecule has 0 unspecified atom stereocenters. The minimum Gasteiger partial charge on any atom is -0.347 e. The third-order valence-electron chi connectivity index (χ3n) is 4.88. The van der Waals surface area contributed by atoms with Crippen molar-refractivity contribution in [2.75, 3.05) is 31.1 Å². The van der Waals surface area contributed by atoms with Crippen LogP contribution in [0.3, 0.4) is 0 Å². The summed E-state index contributed by atoms with van der Waals surface area (Å²) in [6.07, 6.45) is 1.07. The molecule has 6 nitrogen and oxygen atoms in total. The number of hydrogen-bond donors (Lipinski definition) is 1. The van der Waals surface area contributed by atoms with Gasteiger partial charge in [0.2, 0.25) is 0 Å². The van der Waals surface area contributed by atoms with E-state index in [1.54, 1.807) is 11.3 Å². The molecule has 1 aromatic carbocycles. The smallest absolute Gasteiger partial charge is 0.268 e. The van der Waals surface area contributed by atoms with E-state index in [0.29, 0.717) is 11.2 Å². The Morgan fingerprint density at radius 2 is 1.96 bits per heavy atom. The van der Waals surface area contributed by atoms with Crippen molar-refractivity contribution in [1.29, 1.82) is 0 Å². The van der Waals surface area contributed by atoms with Crippen molar-refractivity contribution in [3.05, 3.63) is 51.9 Å². The van der Waals surface area contributed by atoms with E-state index in [1.807, 2.05) is 17.5 Å². The number of benzene rings is 1. The fraction of sp³-hybridized carbons (Fsp3) is 0.316. The number of aromatic nitrogens is 3. The maximum absolute atomic E-state index is 12.2. The fourth-order valence-corrected chi connectivity index (χ4v) is 5.27. The second-order valence-corrected chi connectivity index (χ2v) is 8.65. The Morgan fingerprint density at radius 1 is 1.04 bits per heavy atom. The van der Waals surface area contributed by atoms with Crippen molar-refractivity contribution in [3.8, 4) is 0 Å². The average Bonchev–Trinajstić information content (AvgIpc) is 3.25. The van der Waals surface area contributed by atoms with Gasteiger partial charge in [0.15, 0.2) is 5.13 Å². The molecule has 0 atom stereocenters. The number of thiazole rings is 1. The van der Waals surface area contributed by atoms with Gasteiger partial charge in [0.25, 0.3) is 5.56 Å². The molecule has 1 aliphatic heterocycles. The summed E-state index contributed by atoms with van der Waals surface area (Å²) in [5, 5.41) is 3.02. The Balaban J connectivity index is 1.31. The number of nitrogens with zero attached hydrogens (tertiary/aromatic N) is 4. The van der Waals surface area contributed by atoms with Gasteiger partial charge in [-0.2, -0.15) is 0 Å². The van der Waals surface area contributed by atoms with Gasteiger partial charge in [-0.05, 0) is 30.0 Å². The number of fused-ring (bicyclic) bond motifs is 2. The average molecular weight is 398 g/mol. The molecule has 1 aliphatic rings. The van der Waals surface area contributed by atoms with Crippen LogP contribution >= 0.6 is 22.7 Å². The molecule has 4 aromatic rings. The Labute approximate surface area is 164 Å². The van der Waals surface area contributed by atoms with Crippen molar-refractivity contribution in [2.45, 2.75) is 13.0 Å². The second kappa shape index (κ2) is 7.03. The van der Waals surface area contributed by atoms with Crippen LogP contribution < -0.4 is 10.5 Å². The molecule has 27 heavy (non-hydrogen) atoms. The van der Waals surface area contributed by atoms with Gasteiger partial charge in [-0.25, -0.2) is 9.97 Å². The van der Waals surface area contributed by atoms with Crippen LogP contribution in [0.1, 0.15) is 12.2 Å². The van der Waals surface area contributed by atoms with Gasteiger partial charge < -0.3 is 9.88 Å². The van der Waals surface area contributed by atoms with Crippen molar-refractivity contribution in [1.82, 2.24) is 19.9 Å². The standard InChI is InChI=1S/C19H19N5OS2/c25-18-17-14(6-11-26-17)20-16(22-18)12-23-7-3-8-24(10-9-23)19-21-13-4-1-2-5-15(13)27-19/h1-2,4-6,11H,3,7-10,12H2,(H,20,22,25). The second-order valence-electron chi connectivity index (χ2n) is 6.73. The Bertz CT molecular complexity index is 1110. The maximum Gasteiger partial charge on any atom is 0.268 e.